The number of likely N-dealkylation sites (N-methyl/N-ethyl adjacent to an activating group) is 1. The van der Waals surface area contributed by atoms with Gasteiger partial charge in [-0.2, -0.15) is 12.7 Å². The van der Waals surface area contributed by atoms with Crippen LogP contribution in [-0.2, 0) is 27.1 Å². The van der Waals surface area contributed by atoms with E-state index in [1.807, 2.05) is 6.92 Å². The van der Waals surface area contributed by atoms with Crippen LogP contribution in [0.1, 0.15) is 24.2 Å². The van der Waals surface area contributed by atoms with Gasteiger partial charge in [0.15, 0.2) is 5.03 Å². The lowest BCUT2D eigenvalue weighted by molar-refractivity contribution is 0.0387. The van der Waals surface area contributed by atoms with Crippen LogP contribution >= 0.6 is 0 Å². The highest BCUT2D eigenvalue weighted by Crippen LogP contribution is 2.31. The van der Waals surface area contributed by atoms with Crippen LogP contribution in [0.25, 0.3) is 0 Å². The lowest BCUT2D eigenvalue weighted by Gasteiger charge is -2.38. The van der Waals surface area contributed by atoms with Crippen molar-refractivity contribution in [2.24, 2.45) is 13.0 Å². The van der Waals surface area contributed by atoms with Crippen LogP contribution in [0.15, 0.2) is 71.0 Å². The van der Waals surface area contributed by atoms with Crippen molar-refractivity contribution in [1.29, 1.82) is 0 Å². The average molecular weight is 592 g/mol. The normalized spacial score (nSPS) is 18.9. The van der Waals surface area contributed by atoms with E-state index in [0.29, 0.717) is 0 Å². The standard InChI is InChI=1S/C26H33N5O7S2/c1-18-13-31(19(2)16-32)26(33)22-12-20(28-39(34,35)25-15-29(3)17-27-25)10-11-23(22)38-24(18)14-30(4)40(36,37)21-8-6-5-7-9-21/h5-12,15,17-19,24,28,32H,13-14,16H2,1-4H3/t18-,19+,24+/m1/s1. The van der Waals surface area contributed by atoms with Crippen molar-refractivity contribution in [1.82, 2.24) is 18.8 Å². The van der Waals surface area contributed by atoms with Gasteiger partial charge in [-0.25, -0.2) is 13.4 Å². The summed E-state index contributed by atoms with van der Waals surface area (Å²) in [7, 11) is -4.73. The first-order chi connectivity index (χ1) is 18.8. The summed E-state index contributed by atoms with van der Waals surface area (Å²) in [6, 6.07) is 11.8. The maximum atomic E-state index is 13.6. The van der Waals surface area contributed by atoms with E-state index in [2.05, 4.69) is 9.71 Å². The SMILES string of the molecule is C[C@@H]1CN([C@@H](C)CO)C(=O)c2cc(NS(=O)(=O)c3cn(C)cn3)ccc2O[C@H]1CN(C)S(=O)(=O)c1ccccc1. The molecule has 4 rings (SSSR count). The van der Waals surface area contributed by atoms with Crippen LogP contribution in [0.5, 0.6) is 5.75 Å². The minimum atomic E-state index is -4.03. The number of anilines is 1. The summed E-state index contributed by atoms with van der Waals surface area (Å²) in [5.74, 6) is -0.601. The monoisotopic (exact) mass is 591 g/mol. The van der Waals surface area contributed by atoms with Crippen LogP contribution in [0.2, 0.25) is 0 Å². The molecular weight excluding hydrogens is 558 g/mol. The molecule has 1 aromatic heterocycles. The number of carbonyl (C=O) groups is 1. The molecule has 3 atom stereocenters. The van der Waals surface area contributed by atoms with Gasteiger partial charge in [0.1, 0.15) is 11.9 Å². The van der Waals surface area contributed by atoms with Crippen LogP contribution < -0.4 is 9.46 Å². The number of hydrogen-bond donors (Lipinski definition) is 2. The Balaban J connectivity index is 1.68. The number of fused-ring (bicyclic) bond motifs is 1. The first-order valence-corrected chi connectivity index (χ1v) is 15.5. The van der Waals surface area contributed by atoms with E-state index in [1.165, 1.54) is 63.7 Å². The van der Waals surface area contributed by atoms with E-state index >= 15 is 0 Å². The number of benzene rings is 2. The van der Waals surface area contributed by atoms with E-state index in [9.17, 15) is 26.7 Å². The maximum absolute atomic E-state index is 13.6. The number of aryl methyl sites for hydroxylation is 1. The quantitative estimate of drug-likeness (QED) is 0.382. The number of aliphatic hydroxyl groups is 1. The van der Waals surface area contributed by atoms with Gasteiger partial charge in [0.2, 0.25) is 10.0 Å². The predicted molar refractivity (Wildman–Crippen MR) is 148 cm³/mol. The van der Waals surface area contributed by atoms with Crippen molar-refractivity contribution in [2.45, 2.75) is 35.9 Å². The molecule has 0 unspecified atom stereocenters. The molecule has 1 aliphatic rings. The molecule has 0 fully saturated rings. The molecule has 1 amide bonds. The Hall–Kier alpha value is -3.46. The number of carbonyl (C=O) groups excluding carboxylic acids is 1. The second kappa shape index (κ2) is 11.6. The largest absolute Gasteiger partial charge is 0.488 e. The maximum Gasteiger partial charge on any atom is 0.280 e. The number of imidazole rings is 1. The van der Waals surface area contributed by atoms with E-state index in [4.69, 9.17) is 4.74 Å². The van der Waals surface area contributed by atoms with Gasteiger partial charge in [0.25, 0.3) is 15.9 Å². The molecule has 40 heavy (non-hydrogen) atoms. The fourth-order valence-electron chi connectivity index (χ4n) is 4.36. The van der Waals surface area contributed by atoms with Crippen molar-refractivity contribution in [3.05, 3.63) is 66.6 Å². The molecule has 2 aromatic carbocycles. The second-order valence-corrected chi connectivity index (χ2v) is 13.6. The van der Waals surface area contributed by atoms with Gasteiger partial charge in [-0.1, -0.05) is 25.1 Å². The zero-order chi connectivity index (χ0) is 29.2. The Morgan fingerprint density at radius 3 is 2.50 bits per heavy atom. The number of sulfonamides is 2. The number of ether oxygens (including phenoxy) is 1. The summed E-state index contributed by atoms with van der Waals surface area (Å²) in [6.45, 7) is 3.41. The van der Waals surface area contributed by atoms with Gasteiger partial charge in [0.05, 0.1) is 36.0 Å². The Kier molecular flexibility index (Phi) is 8.54. The minimum absolute atomic E-state index is 0.0125. The third-order valence-electron chi connectivity index (χ3n) is 6.76. The van der Waals surface area contributed by atoms with Crippen molar-refractivity contribution in [2.75, 3.05) is 31.5 Å². The van der Waals surface area contributed by atoms with Gasteiger partial charge >= 0.3 is 0 Å². The third-order valence-corrected chi connectivity index (χ3v) is 9.87. The van der Waals surface area contributed by atoms with Crippen LogP contribution in [0.4, 0.5) is 5.69 Å². The summed E-state index contributed by atoms with van der Waals surface area (Å²) in [5, 5.41) is 9.68. The number of aliphatic hydroxyl groups excluding tert-OH is 1. The Bertz CT molecular complexity index is 1580. The fourth-order valence-corrected chi connectivity index (χ4v) is 6.60. The predicted octanol–water partition coefficient (Wildman–Crippen LogP) is 1.76. The Morgan fingerprint density at radius 1 is 1.18 bits per heavy atom. The molecule has 3 aromatic rings. The molecule has 0 radical (unpaired) electrons. The summed E-state index contributed by atoms with van der Waals surface area (Å²) in [5.41, 5.74) is 0.193. The summed E-state index contributed by atoms with van der Waals surface area (Å²) in [4.78, 5) is 19.1. The van der Waals surface area contributed by atoms with E-state index < -0.39 is 38.1 Å². The summed E-state index contributed by atoms with van der Waals surface area (Å²) < 4.78 is 63.4. The van der Waals surface area contributed by atoms with Gasteiger partial charge in [-0.05, 0) is 37.3 Å². The van der Waals surface area contributed by atoms with Gasteiger partial charge in [-0.15, -0.1) is 0 Å². The van der Waals surface area contributed by atoms with Crippen LogP contribution in [0.3, 0.4) is 0 Å². The molecule has 1 aliphatic heterocycles. The molecule has 0 saturated heterocycles. The number of nitrogens with one attached hydrogen (secondary N) is 1. The molecule has 0 bridgehead atoms. The molecule has 14 heteroatoms. The second-order valence-electron chi connectivity index (χ2n) is 9.92. The molecule has 216 valence electrons. The van der Waals surface area contributed by atoms with Crippen molar-refractivity contribution >= 4 is 31.6 Å². The lowest BCUT2D eigenvalue weighted by Crippen LogP contribution is -2.50. The van der Waals surface area contributed by atoms with Crippen molar-refractivity contribution in [3.63, 3.8) is 0 Å². The highest BCUT2D eigenvalue weighted by atomic mass is 32.2. The first-order valence-electron chi connectivity index (χ1n) is 12.6. The molecule has 0 aliphatic carbocycles. The molecular formula is C26H33N5O7S2. The van der Waals surface area contributed by atoms with Crippen LogP contribution in [-0.4, -0.2) is 85.5 Å². The van der Waals surface area contributed by atoms with Crippen molar-refractivity contribution < 1.29 is 31.5 Å². The minimum Gasteiger partial charge on any atom is -0.488 e. The van der Waals surface area contributed by atoms with Crippen LogP contribution in [0, 0.1) is 5.92 Å². The lowest BCUT2D eigenvalue weighted by atomic mass is 9.99. The number of hydrogen-bond acceptors (Lipinski definition) is 8. The van der Waals surface area contributed by atoms with E-state index in [-0.39, 0.29) is 52.5 Å². The molecule has 0 spiro atoms. The molecule has 12 nitrogen and oxygen atoms in total. The zero-order valence-electron chi connectivity index (χ0n) is 22.6. The summed E-state index contributed by atoms with van der Waals surface area (Å²) in [6.07, 6.45) is 2.04. The van der Waals surface area contributed by atoms with Gasteiger partial charge < -0.3 is 19.3 Å². The van der Waals surface area contributed by atoms with Gasteiger partial charge in [0, 0.05) is 38.4 Å². The third kappa shape index (κ3) is 6.14. The summed E-state index contributed by atoms with van der Waals surface area (Å²) >= 11 is 0. The number of aromatic nitrogens is 2. The first kappa shape index (κ1) is 29.5. The smallest absolute Gasteiger partial charge is 0.280 e. The number of rotatable bonds is 9. The zero-order valence-corrected chi connectivity index (χ0v) is 24.3. The number of nitrogens with zero attached hydrogens (tertiary/aromatic N) is 4. The number of amides is 1. The van der Waals surface area contributed by atoms with Crippen molar-refractivity contribution in [3.8, 4) is 5.75 Å². The topological polar surface area (TPSA) is 151 Å². The fraction of sp³-hybridized carbons (Fsp3) is 0.385. The van der Waals surface area contributed by atoms with Gasteiger partial charge in [-0.3, -0.25) is 9.52 Å². The molecule has 2 N–H and O–H groups in total. The Labute approximate surface area is 234 Å². The Morgan fingerprint density at radius 2 is 1.88 bits per heavy atom. The van der Waals surface area contributed by atoms with E-state index in [1.54, 1.807) is 32.2 Å². The molecule has 2 heterocycles. The highest BCUT2D eigenvalue weighted by molar-refractivity contribution is 7.92. The average Bonchev–Trinajstić information content (AvgIpc) is 3.38. The highest BCUT2D eigenvalue weighted by Gasteiger charge is 2.35. The molecule has 0 saturated carbocycles. The van der Waals surface area contributed by atoms with E-state index in [0.717, 1.165) is 0 Å².